The van der Waals surface area contributed by atoms with E-state index in [0.717, 1.165) is 32.7 Å². The van der Waals surface area contributed by atoms with Crippen LogP contribution in [-0.4, -0.2) is 76.6 Å². The average Bonchev–Trinajstić information content (AvgIpc) is 3.11. The minimum Gasteiger partial charge on any atom is -0.447 e. The molecule has 146 valence electrons. The first kappa shape index (κ1) is 19.5. The highest BCUT2D eigenvalue weighted by molar-refractivity contribution is 5.91. The van der Waals surface area contributed by atoms with Crippen LogP contribution in [0.4, 0.5) is 0 Å². The van der Waals surface area contributed by atoms with Gasteiger partial charge in [-0.3, -0.25) is 14.6 Å². The van der Waals surface area contributed by atoms with Gasteiger partial charge in [0, 0.05) is 46.3 Å². The monoisotopic (exact) mass is 372 g/mol. The molecule has 7 nitrogen and oxygen atoms in total. The van der Waals surface area contributed by atoms with Gasteiger partial charge >= 0.3 is 0 Å². The summed E-state index contributed by atoms with van der Waals surface area (Å²) in [5, 5.41) is 9.41. The number of nitrogens with zero attached hydrogens (tertiary/aromatic N) is 4. The Morgan fingerprint density at radius 1 is 1.19 bits per heavy atom. The molecular weight excluding hydrogens is 344 g/mol. The molecule has 3 rings (SSSR count). The summed E-state index contributed by atoms with van der Waals surface area (Å²) < 4.78 is 5.49. The van der Waals surface area contributed by atoms with Gasteiger partial charge in [-0.05, 0) is 12.5 Å². The number of likely N-dealkylation sites (N-methyl/N-ethyl adjacent to an activating group) is 1. The molecular formula is C20H28N4O3. The molecule has 0 unspecified atom stereocenters. The van der Waals surface area contributed by atoms with Crippen molar-refractivity contribution in [1.82, 2.24) is 19.7 Å². The van der Waals surface area contributed by atoms with Crippen molar-refractivity contribution < 1.29 is 14.3 Å². The second-order valence-electron chi connectivity index (χ2n) is 7.20. The number of carbonyl (C=O) groups excluding carboxylic acids is 1. The third-order valence-corrected chi connectivity index (χ3v) is 4.73. The van der Waals surface area contributed by atoms with Crippen LogP contribution >= 0.6 is 0 Å². The summed E-state index contributed by atoms with van der Waals surface area (Å²) in [5.41, 5.74) is 1.62. The van der Waals surface area contributed by atoms with Crippen LogP contribution in [0.3, 0.4) is 0 Å². The normalized spacial score (nSPS) is 17.0. The Labute approximate surface area is 160 Å². The summed E-state index contributed by atoms with van der Waals surface area (Å²) in [6, 6.07) is 10.5. The number of hydrogen-bond donors (Lipinski definition) is 1. The van der Waals surface area contributed by atoms with Crippen LogP contribution in [0.5, 0.6) is 0 Å². The highest BCUT2D eigenvalue weighted by Crippen LogP contribution is 2.12. The first-order chi connectivity index (χ1) is 13.0. The zero-order valence-corrected chi connectivity index (χ0v) is 16.0. The predicted molar refractivity (Wildman–Crippen MR) is 102 cm³/mol. The number of amides is 1. The van der Waals surface area contributed by atoms with E-state index in [9.17, 15) is 9.90 Å². The third-order valence-electron chi connectivity index (χ3n) is 4.73. The fraction of sp³-hybridized carbons (Fsp3) is 0.500. The van der Waals surface area contributed by atoms with Crippen LogP contribution in [0, 0.1) is 0 Å². The Hall–Kier alpha value is -2.22. The minimum absolute atomic E-state index is 0.237. The number of aliphatic hydroxyl groups is 1. The van der Waals surface area contributed by atoms with Crippen LogP contribution in [0.1, 0.15) is 28.9 Å². The van der Waals surface area contributed by atoms with Crippen molar-refractivity contribution in [2.75, 3.05) is 39.8 Å². The van der Waals surface area contributed by atoms with Crippen LogP contribution in [0.15, 0.2) is 41.0 Å². The highest BCUT2D eigenvalue weighted by Gasteiger charge is 2.21. The van der Waals surface area contributed by atoms with Crippen molar-refractivity contribution in [3.63, 3.8) is 0 Å². The van der Waals surface area contributed by atoms with Crippen molar-refractivity contribution >= 4 is 5.91 Å². The van der Waals surface area contributed by atoms with Crippen molar-refractivity contribution in [1.29, 1.82) is 0 Å². The standard InChI is InChI=1S/C20H28N4O3/c1-16(25)12-22(2)20(26)18-15-27-19(21-18)14-24-10-8-23(9-11-24)13-17-6-4-3-5-7-17/h3-7,15-16,25H,8-14H2,1-2H3/t16-/m1/s1. The maximum atomic E-state index is 12.3. The van der Waals surface area contributed by atoms with Gasteiger partial charge in [0.25, 0.3) is 5.91 Å². The smallest absolute Gasteiger partial charge is 0.275 e. The molecule has 2 aromatic rings. The van der Waals surface area contributed by atoms with Crippen LogP contribution in [0.2, 0.25) is 0 Å². The highest BCUT2D eigenvalue weighted by atomic mass is 16.3. The summed E-state index contributed by atoms with van der Waals surface area (Å²) >= 11 is 0. The van der Waals surface area contributed by atoms with Crippen molar-refractivity contribution in [2.45, 2.75) is 26.1 Å². The number of aromatic nitrogens is 1. The van der Waals surface area contributed by atoms with Gasteiger partial charge in [0.15, 0.2) is 5.69 Å². The summed E-state index contributed by atoms with van der Waals surface area (Å²) in [5.74, 6) is 0.318. The maximum Gasteiger partial charge on any atom is 0.275 e. The molecule has 1 aliphatic rings. The molecule has 1 aliphatic heterocycles. The van der Waals surface area contributed by atoms with E-state index in [4.69, 9.17) is 4.42 Å². The lowest BCUT2D eigenvalue weighted by Crippen LogP contribution is -2.45. The van der Waals surface area contributed by atoms with Crippen molar-refractivity contribution in [3.8, 4) is 0 Å². The molecule has 0 spiro atoms. The third kappa shape index (κ3) is 5.63. The molecule has 1 amide bonds. The average molecular weight is 372 g/mol. The van der Waals surface area contributed by atoms with Gasteiger partial charge < -0.3 is 14.4 Å². The Balaban J connectivity index is 1.47. The number of oxazole rings is 1. The largest absolute Gasteiger partial charge is 0.447 e. The molecule has 0 aliphatic carbocycles. The van der Waals surface area contributed by atoms with E-state index < -0.39 is 6.10 Å². The van der Waals surface area contributed by atoms with Gasteiger partial charge in [-0.15, -0.1) is 0 Å². The number of aliphatic hydroxyl groups excluding tert-OH is 1. The summed E-state index contributed by atoms with van der Waals surface area (Å²) in [4.78, 5) is 22.8. The molecule has 1 aromatic heterocycles. The fourth-order valence-electron chi connectivity index (χ4n) is 3.29. The SMILES string of the molecule is C[C@@H](O)CN(C)C(=O)c1coc(CN2CCN(Cc3ccccc3)CC2)n1. The molecule has 1 N–H and O–H groups in total. The number of carbonyl (C=O) groups is 1. The van der Waals surface area contributed by atoms with Crippen molar-refractivity contribution in [3.05, 3.63) is 53.7 Å². The Morgan fingerprint density at radius 3 is 2.44 bits per heavy atom. The lowest BCUT2D eigenvalue weighted by Gasteiger charge is -2.34. The molecule has 1 aromatic carbocycles. The van der Waals surface area contributed by atoms with Gasteiger partial charge in [0.1, 0.15) is 6.26 Å². The zero-order valence-electron chi connectivity index (χ0n) is 16.0. The van der Waals surface area contributed by atoms with E-state index in [-0.39, 0.29) is 18.1 Å². The van der Waals surface area contributed by atoms with Crippen LogP contribution in [0.25, 0.3) is 0 Å². The number of benzene rings is 1. The minimum atomic E-state index is -0.572. The second kappa shape index (κ2) is 9.12. The van der Waals surface area contributed by atoms with Crippen LogP contribution in [-0.2, 0) is 13.1 Å². The topological polar surface area (TPSA) is 73.1 Å². The summed E-state index contributed by atoms with van der Waals surface area (Å²) in [6.45, 7) is 7.38. The van der Waals surface area contributed by atoms with Crippen molar-refractivity contribution in [2.24, 2.45) is 0 Å². The fourth-order valence-corrected chi connectivity index (χ4v) is 3.29. The molecule has 0 radical (unpaired) electrons. The lowest BCUT2D eigenvalue weighted by atomic mass is 10.2. The first-order valence-electron chi connectivity index (χ1n) is 9.38. The van der Waals surface area contributed by atoms with Gasteiger partial charge in [-0.2, -0.15) is 0 Å². The quantitative estimate of drug-likeness (QED) is 0.793. The number of piperazine rings is 1. The lowest BCUT2D eigenvalue weighted by molar-refractivity contribution is 0.0698. The maximum absolute atomic E-state index is 12.3. The van der Waals surface area contributed by atoms with Crippen LogP contribution < -0.4 is 0 Å². The molecule has 1 atom stereocenters. The molecule has 1 fully saturated rings. The molecule has 1 saturated heterocycles. The van der Waals surface area contributed by atoms with E-state index in [1.165, 1.54) is 16.7 Å². The van der Waals surface area contributed by atoms with Gasteiger partial charge in [0.2, 0.25) is 5.89 Å². The predicted octanol–water partition coefficient (Wildman–Crippen LogP) is 1.45. The summed E-state index contributed by atoms with van der Waals surface area (Å²) in [7, 11) is 1.65. The first-order valence-corrected chi connectivity index (χ1v) is 9.38. The Morgan fingerprint density at radius 2 is 1.81 bits per heavy atom. The van der Waals surface area contributed by atoms with E-state index >= 15 is 0 Å². The van der Waals surface area contributed by atoms with Gasteiger partial charge in [-0.25, -0.2) is 4.98 Å². The van der Waals surface area contributed by atoms with E-state index in [0.29, 0.717) is 12.4 Å². The Kier molecular flexibility index (Phi) is 6.60. The molecule has 2 heterocycles. The molecule has 27 heavy (non-hydrogen) atoms. The van der Waals surface area contributed by atoms with Gasteiger partial charge in [-0.1, -0.05) is 30.3 Å². The van der Waals surface area contributed by atoms with E-state index in [1.807, 2.05) is 6.07 Å². The Bertz CT molecular complexity index is 724. The van der Waals surface area contributed by atoms with E-state index in [2.05, 4.69) is 39.0 Å². The second-order valence-corrected chi connectivity index (χ2v) is 7.20. The van der Waals surface area contributed by atoms with E-state index in [1.54, 1.807) is 14.0 Å². The molecule has 0 saturated carbocycles. The molecule has 0 bridgehead atoms. The number of hydrogen-bond acceptors (Lipinski definition) is 6. The number of rotatable bonds is 7. The van der Waals surface area contributed by atoms with Gasteiger partial charge in [0.05, 0.1) is 12.6 Å². The zero-order chi connectivity index (χ0) is 19.2. The summed E-state index contributed by atoms with van der Waals surface area (Å²) in [6.07, 6.45) is 0.833. The molecule has 7 heteroatoms.